The second-order valence-electron chi connectivity index (χ2n) is 3.06. The molecule has 2 N–H and O–H groups in total. The summed E-state index contributed by atoms with van der Waals surface area (Å²) in [6.45, 7) is 0. The van der Waals surface area contributed by atoms with Crippen molar-refractivity contribution < 1.29 is 5.11 Å². The molecule has 1 aromatic carbocycles. The van der Waals surface area contributed by atoms with Crippen LogP contribution in [0.3, 0.4) is 0 Å². The molecule has 1 aromatic rings. The third-order valence-corrected chi connectivity index (χ3v) is 2.99. The first kappa shape index (κ1) is 8.47. The molecule has 2 nitrogen and oxygen atoms in total. The van der Waals surface area contributed by atoms with Gasteiger partial charge in [-0.25, -0.2) is 0 Å². The highest BCUT2D eigenvalue weighted by molar-refractivity contribution is 14.1. The number of aliphatic hydroxyl groups excluding tert-OH is 1. The predicted octanol–water partition coefficient (Wildman–Crippen LogP) is 1.58. The van der Waals surface area contributed by atoms with E-state index >= 15 is 0 Å². The van der Waals surface area contributed by atoms with E-state index in [0.717, 1.165) is 6.42 Å². The monoisotopic (exact) mass is 275 g/mol. The van der Waals surface area contributed by atoms with Crippen molar-refractivity contribution in [1.29, 1.82) is 0 Å². The molecule has 0 aromatic heterocycles. The Bertz CT molecular complexity index is 290. The van der Waals surface area contributed by atoms with E-state index in [0.29, 0.717) is 0 Å². The van der Waals surface area contributed by atoms with E-state index in [1.165, 1.54) is 11.1 Å². The van der Waals surface area contributed by atoms with E-state index in [4.69, 9.17) is 0 Å². The van der Waals surface area contributed by atoms with Gasteiger partial charge in [-0.2, -0.15) is 0 Å². The Hall–Kier alpha value is -0.130. The van der Waals surface area contributed by atoms with Crippen molar-refractivity contribution in [2.24, 2.45) is 0 Å². The van der Waals surface area contributed by atoms with E-state index in [-0.39, 0.29) is 12.1 Å². The van der Waals surface area contributed by atoms with Gasteiger partial charge in [0.1, 0.15) is 0 Å². The van der Waals surface area contributed by atoms with Crippen molar-refractivity contribution in [2.75, 3.05) is 0 Å². The van der Waals surface area contributed by atoms with E-state index < -0.39 is 0 Å². The summed E-state index contributed by atoms with van der Waals surface area (Å²) in [6.07, 6.45) is 0.510. The molecule has 64 valence electrons. The standard InChI is InChI=1S/C9H10INO/c10-11-9-7-4-2-1-3-6(7)5-8(9)12/h1-4,8-9,11-12H,5H2. The smallest absolute Gasteiger partial charge is 0.0782 e. The molecule has 1 aliphatic carbocycles. The van der Waals surface area contributed by atoms with Gasteiger partial charge in [-0.15, -0.1) is 0 Å². The molecule has 2 unspecified atom stereocenters. The average molecular weight is 275 g/mol. The zero-order valence-electron chi connectivity index (χ0n) is 6.50. The Kier molecular flexibility index (Phi) is 2.34. The number of rotatable bonds is 1. The molecule has 2 rings (SSSR count). The van der Waals surface area contributed by atoms with Gasteiger partial charge in [0.25, 0.3) is 0 Å². The molecule has 0 saturated heterocycles. The number of nitrogens with one attached hydrogen (secondary N) is 1. The summed E-state index contributed by atoms with van der Waals surface area (Å²) in [6, 6.07) is 8.29. The summed E-state index contributed by atoms with van der Waals surface area (Å²) in [7, 11) is 0. The van der Waals surface area contributed by atoms with Crippen molar-refractivity contribution in [3.05, 3.63) is 35.4 Å². The second kappa shape index (κ2) is 3.32. The first-order valence-electron chi connectivity index (χ1n) is 3.95. The van der Waals surface area contributed by atoms with Gasteiger partial charge in [0.15, 0.2) is 0 Å². The minimum Gasteiger partial charge on any atom is -0.391 e. The van der Waals surface area contributed by atoms with Gasteiger partial charge in [0.05, 0.1) is 12.1 Å². The lowest BCUT2D eigenvalue weighted by atomic mass is 10.1. The van der Waals surface area contributed by atoms with Gasteiger partial charge < -0.3 is 5.11 Å². The Morgan fingerprint density at radius 1 is 1.42 bits per heavy atom. The lowest BCUT2D eigenvalue weighted by Gasteiger charge is -2.12. The van der Waals surface area contributed by atoms with Crippen LogP contribution in [-0.4, -0.2) is 11.2 Å². The molecule has 12 heavy (non-hydrogen) atoms. The van der Waals surface area contributed by atoms with Gasteiger partial charge in [-0.05, 0) is 11.1 Å². The predicted molar refractivity (Wildman–Crippen MR) is 56.0 cm³/mol. The quantitative estimate of drug-likeness (QED) is 0.602. The first-order valence-corrected chi connectivity index (χ1v) is 5.03. The lowest BCUT2D eigenvalue weighted by molar-refractivity contribution is 0.155. The molecule has 0 fully saturated rings. The van der Waals surface area contributed by atoms with Crippen LogP contribution in [0.15, 0.2) is 24.3 Å². The summed E-state index contributed by atoms with van der Waals surface area (Å²) < 4.78 is 3.09. The molecule has 2 atom stereocenters. The van der Waals surface area contributed by atoms with Crippen molar-refractivity contribution >= 4 is 22.9 Å². The average Bonchev–Trinajstić information content (AvgIpc) is 2.40. The molecule has 0 bridgehead atoms. The molecule has 3 heteroatoms. The van der Waals surface area contributed by atoms with Crippen LogP contribution in [0.4, 0.5) is 0 Å². The van der Waals surface area contributed by atoms with Gasteiger partial charge in [0.2, 0.25) is 0 Å². The molecule has 0 saturated carbocycles. The zero-order valence-corrected chi connectivity index (χ0v) is 8.65. The van der Waals surface area contributed by atoms with Crippen LogP contribution in [0.5, 0.6) is 0 Å². The van der Waals surface area contributed by atoms with Crippen LogP contribution in [0.25, 0.3) is 0 Å². The number of fused-ring (bicyclic) bond motifs is 1. The normalized spacial score (nSPS) is 27.2. The molecule has 1 aliphatic rings. The van der Waals surface area contributed by atoms with E-state index in [1.807, 2.05) is 12.1 Å². The fourth-order valence-corrected chi connectivity index (χ4v) is 2.46. The number of hydrogen-bond donors (Lipinski definition) is 2. The summed E-state index contributed by atoms with van der Waals surface area (Å²) in [5.41, 5.74) is 2.50. The number of hydrogen-bond acceptors (Lipinski definition) is 2. The van der Waals surface area contributed by atoms with Crippen molar-refractivity contribution in [3.63, 3.8) is 0 Å². The minimum atomic E-state index is -0.265. The van der Waals surface area contributed by atoms with Gasteiger partial charge in [-0.1, -0.05) is 24.3 Å². The van der Waals surface area contributed by atoms with Gasteiger partial charge in [-0.3, -0.25) is 3.53 Å². The third-order valence-electron chi connectivity index (χ3n) is 2.32. The molecular weight excluding hydrogens is 265 g/mol. The summed E-state index contributed by atoms with van der Waals surface area (Å²) in [5.74, 6) is 0. The van der Waals surface area contributed by atoms with Crippen LogP contribution >= 0.6 is 22.9 Å². The summed E-state index contributed by atoms with van der Waals surface area (Å²) in [5, 5.41) is 9.64. The van der Waals surface area contributed by atoms with Crippen LogP contribution in [-0.2, 0) is 6.42 Å². The minimum absolute atomic E-state index is 0.113. The molecular formula is C9H10INO. The summed E-state index contributed by atoms with van der Waals surface area (Å²) in [4.78, 5) is 0. The fourth-order valence-electron chi connectivity index (χ4n) is 1.71. The number of halogens is 1. The summed E-state index contributed by atoms with van der Waals surface area (Å²) >= 11 is 2.09. The van der Waals surface area contributed by atoms with Gasteiger partial charge >= 0.3 is 0 Å². The molecule has 0 radical (unpaired) electrons. The second-order valence-corrected chi connectivity index (χ2v) is 3.68. The maximum absolute atomic E-state index is 9.64. The fraction of sp³-hybridized carbons (Fsp3) is 0.333. The first-order chi connectivity index (χ1) is 5.83. The van der Waals surface area contributed by atoms with Crippen molar-refractivity contribution in [3.8, 4) is 0 Å². The Labute approximate surface area is 85.5 Å². The van der Waals surface area contributed by atoms with E-state index in [1.54, 1.807) is 0 Å². The lowest BCUT2D eigenvalue weighted by Crippen LogP contribution is -2.21. The Morgan fingerprint density at radius 2 is 2.17 bits per heavy atom. The highest BCUT2D eigenvalue weighted by atomic mass is 127. The zero-order chi connectivity index (χ0) is 8.55. The Morgan fingerprint density at radius 3 is 2.92 bits per heavy atom. The van der Waals surface area contributed by atoms with Crippen molar-refractivity contribution in [1.82, 2.24) is 3.53 Å². The largest absolute Gasteiger partial charge is 0.391 e. The van der Waals surface area contributed by atoms with Crippen LogP contribution in [0.1, 0.15) is 17.2 Å². The molecule has 0 spiro atoms. The van der Waals surface area contributed by atoms with Gasteiger partial charge in [0, 0.05) is 29.3 Å². The van der Waals surface area contributed by atoms with E-state index in [9.17, 15) is 5.11 Å². The number of benzene rings is 1. The molecule has 0 heterocycles. The third kappa shape index (κ3) is 1.26. The Balaban J connectivity index is 2.40. The van der Waals surface area contributed by atoms with Crippen molar-refractivity contribution in [2.45, 2.75) is 18.6 Å². The highest BCUT2D eigenvalue weighted by Gasteiger charge is 2.29. The van der Waals surface area contributed by atoms with Crippen LogP contribution < -0.4 is 3.53 Å². The maximum Gasteiger partial charge on any atom is 0.0782 e. The van der Waals surface area contributed by atoms with E-state index in [2.05, 4.69) is 38.5 Å². The molecule has 0 amide bonds. The van der Waals surface area contributed by atoms with Crippen LogP contribution in [0.2, 0.25) is 0 Å². The number of aliphatic hydroxyl groups is 1. The SMILES string of the molecule is OC1Cc2ccccc2C1NI. The maximum atomic E-state index is 9.64. The van der Waals surface area contributed by atoms with Crippen LogP contribution in [0, 0.1) is 0 Å². The highest BCUT2D eigenvalue weighted by Crippen LogP contribution is 2.31. The molecule has 0 aliphatic heterocycles. The topological polar surface area (TPSA) is 32.3 Å².